The highest BCUT2D eigenvalue weighted by molar-refractivity contribution is 5.36. The molecular formula is C14H20O3. The van der Waals surface area contributed by atoms with Crippen LogP contribution in [-0.4, -0.2) is 19.7 Å². The maximum atomic E-state index is 9.88. The first-order valence-corrected chi connectivity index (χ1v) is 6.07. The number of benzene rings is 1. The summed E-state index contributed by atoms with van der Waals surface area (Å²) < 4.78 is 10.2. The average Bonchev–Trinajstić information content (AvgIpc) is 2.35. The zero-order valence-electron chi connectivity index (χ0n) is 10.4. The van der Waals surface area contributed by atoms with Crippen LogP contribution in [0.25, 0.3) is 0 Å². The summed E-state index contributed by atoms with van der Waals surface area (Å²) >= 11 is 0. The molecule has 0 N–H and O–H groups in total. The number of aryl methyl sites for hydroxylation is 1. The van der Waals surface area contributed by atoms with E-state index in [9.17, 15) is 4.79 Å². The predicted molar refractivity (Wildman–Crippen MR) is 67.2 cm³/mol. The van der Waals surface area contributed by atoms with Gasteiger partial charge in [-0.3, -0.25) is 4.79 Å². The molecule has 0 aliphatic rings. The molecule has 0 aliphatic heterocycles. The van der Waals surface area contributed by atoms with E-state index >= 15 is 0 Å². The summed E-state index contributed by atoms with van der Waals surface area (Å²) in [5, 5.41) is 0. The van der Waals surface area contributed by atoms with Crippen molar-refractivity contribution in [3.63, 3.8) is 0 Å². The highest BCUT2D eigenvalue weighted by Crippen LogP contribution is 2.12. The van der Waals surface area contributed by atoms with Gasteiger partial charge in [-0.15, -0.1) is 0 Å². The molecule has 0 bridgehead atoms. The van der Waals surface area contributed by atoms with Gasteiger partial charge in [-0.25, -0.2) is 0 Å². The summed E-state index contributed by atoms with van der Waals surface area (Å²) in [7, 11) is 0. The van der Waals surface area contributed by atoms with Crippen molar-refractivity contribution in [3.8, 4) is 5.75 Å². The molecule has 17 heavy (non-hydrogen) atoms. The second kappa shape index (κ2) is 8.62. The van der Waals surface area contributed by atoms with Crippen LogP contribution in [-0.2, 0) is 9.53 Å². The van der Waals surface area contributed by atoms with Crippen LogP contribution < -0.4 is 4.74 Å². The van der Waals surface area contributed by atoms with Crippen LogP contribution in [0.2, 0.25) is 0 Å². The summed E-state index contributed by atoms with van der Waals surface area (Å²) in [4.78, 5) is 9.88. The quantitative estimate of drug-likeness (QED) is 0.488. The van der Waals surface area contributed by atoms with E-state index in [1.807, 2.05) is 24.3 Å². The molecular weight excluding hydrogens is 216 g/mol. The molecule has 0 aliphatic carbocycles. The van der Waals surface area contributed by atoms with Crippen LogP contribution in [0.3, 0.4) is 0 Å². The van der Waals surface area contributed by atoms with Crippen LogP contribution in [0.15, 0.2) is 24.3 Å². The number of ether oxygens (including phenoxy) is 2. The van der Waals surface area contributed by atoms with Crippen LogP contribution in [0.5, 0.6) is 5.75 Å². The van der Waals surface area contributed by atoms with Gasteiger partial charge in [-0.1, -0.05) is 17.7 Å². The third kappa shape index (κ3) is 6.61. The maximum absolute atomic E-state index is 9.88. The monoisotopic (exact) mass is 236 g/mol. The van der Waals surface area contributed by atoms with E-state index in [0.29, 0.717) is 13.1 Å². The molecule has 0 saturated carbocycles. The molecule has 1 aromatic rings. The molecule has 0 radical (unpaired) electrons. The Balaban J connectivity index is 1.97. The first-order valence-electron chi connectivity index (χ1n) is 6.07. The number of carbonyl (C=O) groups excluding carboxylic acids is 1. The van der Waals surface area contributed by atoms with Crippen LogP contribution in [0, 0.1) is 6.92 Å². The highest BCUT2D eigenvalue weighted by Gasteiger charge is 1.94. The molecule has 0 aromatic heterocycles. The van der Waals surface area contributed by atoms with Gasteiger partial charge >= 0.3 is 0 Å². The number of rotatable bonds is 9. The number of unbranched alkanes of at least 4 members (excludes halogenated alkanes) is 3. The lowest BCUT2D eigenvalue weighted by atomic mass is 10.2. The second-order valence-corrected chi connectivity index (χ2v) is 4.04. The van der Waals surface area contributed by atoms with Crippen LogP contribution >= 0.6 is 0 Å². The SMILES string of the molecule is Cc1ccc(OCCCCCCOC=O)cc1. The fraction of sp³-hybridized carbons (Fsp3) is 0.500. The Morgan fingerprint density at radius 2 is 1.65 bits per heavy atom. The van der Waals surface area contributed by atoms with Crippen molar-refractivity contribution in [1.29, 1.82) is 0 Å². The van der Waals surface area contributed by atoms with Crippen LogP contribution in [0.1, 0.15) is 31.2 Å². The van der Waals surface area contributed by atoms with E-state index < -0.39 is 0 Å². The van der Waals surface area contributed by atoms with Gasteiger partial charge in [0.25, 0.3) is 6.47 Å². The lowest BCUT2D eigenvalue weighted by Crippen LogP contribution is -1.98. The minimum atomic E-state index is 0.500. The van der Waals surface area contributed by atoms with Gasteiger partial charge in [0, 0.05) is 0 Å². The fourth-order valence-corrected chi connectivity index (χ4v) is 1.51. The third-order valence-electron chi connectivity index (χ3n) is 2.51. The van der Waals surface area contributed by atoms with Crippen LogP contribution in [0.4, 0.5) is 0 Å². The summed E-state index contributed by atoms with van der Waals surface area (Å²) in [5.74, 6) is 0.930. The minimum Gasteiger partial charge on any atom is -0.494 e. The molecule has 0 amide bonds. The Morgan fingerprint density at radius 3 is 2.29 bits per heavy atom. The summed E-state index contributed by atoms with van der Waals surface area (Å²) in [5.41, 5.74) is 1.24. The van der Waals surface area contributed by atoms with Gasteiger partial charge in [-0.05, 0) is 44.7 Å². The molecule has 94 valence electrons. The van der Waals surface area contributed by atoms with Crippen molar-refractivity contribution in [2.75, 3.05) is 13.2 Å². The lowest BCUT2D eigenvalue weighted by molar-refractivity contribution is -0.128. The van der Waals surface area contributed by atoms with E-state index in [1.165, 1.54) is 5.56 Å². The predicted octanol–water partition coefficient (Wildman–Crippen LogP) is 3.11. The summed E-state index contributed by atoms with van der Waals surface area (Å²) in [6, 6.07) is 8.08. The van der Waals surface area contributed by atoms with Crippen molar-refractivity contribution in [3.05, 3.63) is 29.8 Å². The first kappa shape index (κ1) is 13.6. The molecule has 0 fully saturated rings. The zero-order valence-corrected chi connectivity index (χ0v) is 10.4. The van der Waals surface area contributed by atoms with Gasteiger partial charge in [0.1, 0.15) is 5.75 Å². The highest BCUT2D eigenvalue weighted by atomic mass is 16.5. The third-order valence-corrected chi connectivity index (χ3v) is 2.51. The molecule has 0 saturated heterocycles. The van der Waals surface area contributed by atoms with Gasteiger partial charge < -0.3 is 9.47 Å². The second-order valence-electron chi connectivity index (χ2n) is 4.04. The smallest absolute Gasteiger partial charge is 0.293 e. The number of carbonyl (C=O) groups is 1. The topological polar surface area (TPSA) is 35.5 Å². The van der Waals surface area contributed by atoms with Crippen molar-refractivity contribution in [1.82, 2.24) is 0 Å². The van der Waals surface area contributed by atoms with E-state index in [4.69, 9.17) is 4.74 Å². The first-order chi connectivity index (χ1) is 8.33. The number of hydrogen-bond donors (Lipinski definition) is 0. The molecule has 3 heteroatoms. The normalized spacial score (nSPS) is 9.94. The molecule has 0 atom stereocenters. The van der Waals surface area contributed by atoms with Crippen molar-refractivity contribution < 1.29 is 14.3 Å². The molecule has 1 rings (SSSR count). The largest absolute Gasteiger partial charge is 0.494 e. The van der Waals surface area contributed by atoms with Gasteiger partial charge in [0.15, 0.2) is 0 Å². The minimum absolute atomic E-state index is 0.500. The van der Waals surface area contributed by atoms with Gasteiger partial charge in [-0.2, -0.15) is 0 Å². The van der Waals surface area contributed by atoms with E-state index in [1.54, 1.807) is 0 Å². The fourth-order valence-electron chi connectivity index (χ4n) is 1.51. The maximum Gasteiger partial charge on any atom is 0.293 e. The Labute approximate surface area is 103 Å². The van der Waals surface area contributed by atoms with Crippen molar-refractivity contribution in [2.24, 2.45) is 0 Å². The molecule has 3 nitrogen and oxygen atoms in total. The Kier molecular flexibility index (Phi) is 6.87. The van der Waals surface area contributed by atoms with E-state index in [-0.39, 0.29) is 0 Å². The van der Waals surface area contributed by atoms with Gasteiger partial charge in [0.05, 0.1) is 13.2 Å². The molecule has 0 unspecified atom stereocenters. The Morgan fingerprint density at radius 1 is 1.00 bits per heavy atom. The van der Waals surface area contributed by atoms with E-state index in [2.05, 4.69) is 11.7 Å². The summed E-state index contributed by atoms with van der Waals surface area (Å²) in [6.45, 7) is 3.84. The summed E-state index contributed by atoms with van der Waals surface area (Å²) in [6.07, 6.45) is 4.15. The average molecular weight is 236 g/mol. The van der Waals surface area contributed by atoms with E-state index in [0.717, 1.165) is 38.0 Å². The molecule has 1 aromatic carbocycles. The Bertz CT molecular complexity index is 306. The van der Waals surface area contributed by atoms with Gasteiger partial charge in [0.2, 0.25) is 0 Å². The zero-order chi connectivity index (χ0) is 12.3. The van der Waals surface area contributed by atoms with Crippen molar-refractivity contribution in [2.45, 2.75) is 32.6 Å². The molecule has 0 spiro atoms. The standard InChI is InChI=1S/C14H20O3/c1-13-6-8-14(9-7-13)17-11-5-3-2-4-10-16-12-15/h6-9,12H,2-5,10-11H2,1H3. The van der Waals surface area contributed by atoms with Crippen molar-refractivity contribution >= 4 is 6.47 Å². The Hall–Kier alpha value is -1.51. The number of hydrogen-bond acceptors (Lipinski definition) is 3. The molecule has 0 heterocycles. The lowest BCUT2D eigenvalue weighted by Gasteiger charge is -2.06.